The van der Waals surface area contributed by atoms with E-state index < -0.39 is 17.7 Å². The van der Waals surface area contributed by atoms with Gasteiger partial charge in [-0.1, -0.05) is 38.0 Å². The van der Waals surface area contributed by atoms with Crippen molar-refractivity contribution in [2.24, 2.45) is 0 Å². The maximum atomic E-state index is 13.3. The van der Waals surface area contributed by atoms with E-state index in [-0.39, 0.29) is 18.0 Å². The van der Waals surface area contributed by atoms with Crippen molar-refractivity contribution in [2.75, 3.05) is 26.2 Å². The summed E-state index contributed by atoms with van der Waals surface area (Å²) in [6.07, 6.45) is 5.24. The summed E-state index contributed by atoms with van der Waals surface area (Å²) in [7, 11) is 0. The van der Waals surface area contributed by atoms with Crippen molar-refractivity contribution in [3.8, 4) is 0 Å². The van der Waals surface area contributed by atoms with Gasteiger partial charge in [0, 0.05) is 69.6 Å². The number of nitrogens with zero attached hydrogens (tertiary/aromatic N) is 4. The third kappa shape index (κ3) is 8.14. The molecular formula is C33H43F3N4O5. The number of aliphatic carboxylic acids is 1. The van der Waals surface area contributed by atoms with Crippen LogP contribution in [0.5, 0.6) is 0 Å². The third-order valence-corrected chi connectivity index (χ3v) is 9.29. The lowest BCUT2D eigenvalue weighted by atomic mass is 9.81. The van der Waals surface area contributed by atoms with Crippen LogP contribution in [0.3, 0.4) is 0 Å². The number of amides is 2. The lowest BCUT2D eigenvalue weighted by molar-refractivity contribution is -0.192. The van der Waals surface area contributed by atoms with Gasteiger partial charge >= 0.3 is 18.2 Å². The molecule has 1 N–H and O–H groups in total. The number of carbonyl (C=O) groups excluding carboxylic acids is 2. The minimum atomic E-state index is -5.08. The Hall–Kier alpha value is -3.67. The van der Waals surface area contributed by atoms with Crippen LogP contribution >= 0.6 is 0 Å². The predicted molar refractivity (Wildman–Crippen MR) is 162 cm³/mol. The molecule has 12 heteroatoms. The molecule has 0 bridgehead atoms. The molecule has 5 rings (SSSR count). The van der Waals surface area contributed by atoms with Crippen molar-refractivity contribution in [3.63, 3.8) is 0 Å². The molecule has 2 aromatic rings. The smallest absolute Gasteiger partial charge is 0.475 e. The number of benzene rings is 1. The summed E-state index contributed by atoms with van der Waals surface area (Å²) in [4.78, 5) is 46.0. The second kappa shape index (κ2) is 14.6. The van der Waals surface area contributed by atoms with Crippen LogP contribution in [0.4, 0.5) is 18.0 Å². The topological polar surface area (TPSA) is 103 Å². The molecular weight excluding hydrogens is 589 g/mol. The number of aromatic nitrogens is 1. The first-order valence-electron chi connectivity index (χ1n) is 15.6. The number of carbonyl (C=O) groups is 3. The fourth-order valence-corrected chi connectivity index (χ4v) is 6.83. The highest BCUT2D eigenvalue weighted by molar-refractivity contribution is 5.97. The van der Waals surface area contributed by atoms with E-state index in [1.807, 2.05) is 54.0 Å². The lowest BCUT2D eigenvalue weighted by Gasteiger charge is -2.46. The number of hydrogen-bond acceptors (Lipinski definition) is 6. The first-order valence-corrected chi connectivity index (χ1v) is 15.6. The van der Waals surface area contributed by atoms with Gasteiger partial charge in [-0.2, -0.15) is 13.2 Å². The second-order valence-corrected chi connectivity index (χ2v) is 12.2. The zero-order valence-corrected chi connectivity index (χ0v) is 26.2. The van der Waals surface area contributed by atoms with Gasteiger partial charge in [0.1, 0.15) is 5.60 Å². The summed E-state index contributed by atoms with van der Waals surface area (Å²) in [6.45, 7) is 10.3. The molecule has 3 fully saturated rings. The van der Waals surface area contributed by atoms with E-state index in [2.05, 4.69) is 16.8 Å². The molecule has 45 heavy (non-hydrogen) atoms. The Morgan fingerprint density at radius 3 is 2.13 bits per heavy atom. The number of carboxylic acids is 1. The molecule has 1 atom stereocenters. The summed E-state index contributed by atoms with van der Waals surface area (Å²) in [5.41, 5.74) is 3.67. The molecule has 0 saturated carbocycles. The van der Waals surface area contributed by atoms with Crippen LogP contribution in [-0.4, -0.2) is 92.8 Å². The largest absolute Gasteiger partial charge is 0.490 e. The van der Waals surface area contributed by atoms with Crippen LogP contribution in [0, 0.1) is 13.8 Å². The fraction of sp³-hybridized carbons (Fsp3) is 0.576. The molecule has 3 saturated heterocycles. The quantitative estimate of drug-likeness (QED) is 0.401. The standard InChI is InChI=1S/C31H42N4O3.C2HF3O2/c1-4-5-9-27-31(38-30(37)35(27)22-25-10-16-32-17-11-25)14-20-33(21-15-31)26-12-18-34(19-13-26)29(36)28-23(2)7-6-8-24(28)3;3-2(4,5)1(6)7/h6-8,10-11,16-17,26-27H,4-5,9,12-15,18-22H2,1-3H3;(H,6,7). The van der Waals surface area contributed by atoms with E-state index in [0.29, 0.717) is 12.6 Å². The average Bonchev–Trinajstić information content (AvgIpc) is 3.25. The maximum absolute atomic E-state index is 13.3. The van der Waals surface area contributed by atoms with E-state index in [9.17, 15) is 22.8 Å². The SMILES string of the molecule is CCCCC1N(Cc2ccncc2)C(=O)OC12CCN(C1CCN(C(=O)c3c(C)cccc3C)CC1)CC2.O=C(O)C(F)(F)F. The molecule has 9 nitrogen and oxygen atoms in total. The number of likely N-dealkylation sites (tertiary alicyclic amines) is 2. The highest BCUT2D eigenvalue weighted by atomic mass is 19.4. The Balaban J connectivity index is 0.000000591. The van der Waals surface area contributed by atoms with E-state index in [1.165, 1.54) is 0 Å². The number of hydrogen-bond donors (Lipinski definition) is 1. The average molecular weight is 633 g/mol. The summed E-state index contributed by atoms with van der Waals surface area (Å²) in [5, 5.41) is 7.12. The van der Waals surface area contributed by atoms with E-state index in [1.54, 1.807) is 12.4 Å². The number of ether oxygens (including phenoxy) is 1. The van der Waals surface area contributed by atoms with Crippen LogP contribution in [0.25, 0.3) is 0 Å². The van der Waals surface area contributed by atoms with Crippen molar-refractivity contribution < 1.29 is 37.4 Å². The summed E-state index contributed by atoms with van der Waals surface area (Å²) in [5.74, 6) is -2.59. The molecule has 3 aliphatic heterocycles. The van der Waals surface area contributed by atoms with E-state index in [4.69, 9.17) is 14.6 Å². The van der Waals surface area contributed by atoms with Gasteiger partial charge in [-0.15, -0.1) is 0 Å². The van der Waals surface area contributed by atoms with Crippen LogP contribution in [0.15, 0.2) is 42.7 Å². The number of rotatable bonds is 7. The van der Waals surface area contributed by atoms with Crippen molar-refractivity contribution in [3.05, 3.63) is 65.0 Å². The number of piperidine rings is 2. The van der Waals surface area contributed by atoms with Crippen molar-refractivity contribution in [1.82, 2.24) is 19.7 Å². The predicted octanol–water partition coefficient (Wildman–Crippen LogP) is 5.98. The molecule has 1 spiro atoms. The first kappa shape index (κ1) is 34.2. The van der Waals surface area contributed by atoms with Gasteiger partial charge in [0.2, 0.25) is 0 Å². The number of carboxylic acid groups (broad SMARTS) is 1. The van der Waals surface area contributed by atoms with E-state index >= 15 is 0 Å². The monoisotopic (exact) mass is 632 g/mol. The van der Waals surface area contributed by atoms with Gasteiger partial charge in [-0.3, -0.25) is 19.6 Å². The molecule has 246 valence electrons. The molecule has 0 aliphatic carbocycles. The minimum absolute atomic E-state index is 0.113. The molecule has 2 amide bonds. The van der Waals surface area contributed by atoms with Crippen LogP contribution < -0.4 is 0 Å². The number of aryl methyl sites for hydroxylation is 2. The Bertz CT molecular complexity index is 1300. The molecule has 1 aromatic carbocycles. The Morgan fingerprint density at radius 1 is 1.02 bits per heavy atom. The fourth-order valence-electron chi connectivity index (χ4n) is 6.83. The molecule has 3 aliphatic rings. The lowest BCUT2D eigenvalue weighted by Crippen LogP contribution is -2.56. The molecule has 1 aromatic heterocycles. The van der Waals surface area contributed by atoms with Gasteiger partial charge in [0.25, 0.3) is 5.91 Å². The van der Waals surface area contributed by atoms with Crippen molar-refractivity contribution in [2.45, 2.75) is 96.1 Å². The van der Waals surface area contributed by atoms with Gasteiger partial charge < -0.3 is 14.7 Å². The van der Waals surface area contributed by atoms with Gasteiger partial charge in [-0.05, 0) is 61.9 Å². The maximum Gasteiger partial charge on any atom is 0.490 e. The third-order valence-electron chi connectivity index (χ3n) is 9.29. The Kier molecular flexibility index (Phi) is 11.1. The van der Waals surface area contributed by atoms with Crippen molar-refractivity contribution >= 4 is 18.0 Å². The molecule has 1 unspecified atom stereocenters. The van der Waals surface area contributed by atoms with E-state index in [0.717, 1.165) is 93.4 Å². The number of pyridine rings is 1. The second-order valence-electron chi connectivity index (χ2n) is 12.2. The summed E-state index contributed by atoms with van der Waals surface area (Å²) < 4.78 is 38.0. The Morgan fingerprint density at radius 2 is 1.60 bits per heavy atom. The minimum Gasteiger partial charge on any atom is -0.475 e. The number of unbranched alkanes of at least 4 members (excludes halogenated alkanes) is 1. The number of alkyl halides is 3. The highest BCUT2D eigenvalue weighted by Gasteiger charge is 2.54. The highest BCUT2D eigenvalue weighted by Crippen LogP contribution is 2.42. The van der Waals surface area contributed by atoms with Crippen LogP contribution in [0.1, 0.15) is 78.9 Å². The van der Waals surface area contributed by atoms with Gasteiger partial charge in [0.15, 0.2) is 0 Å². The summed E-state index contributed by atoms with van der Waals surface area (Å²) in [6, 6.07) is 10.6. The van der Waals surface area contributed by atoms with Gasteiger partial charge in [0.05, 0.1) is 6.04 Å². The van der Waals surface area contributed by atoms with Crippen LogP contribution in [-0.2, 0) is 16.1 Å². The molecule has 4 heterocycles. The number of halogens is 3. The first-order chi connectivity index (χ1) is 21.4. The normalized spacial score (nSPS) is 20.5. The zero-order chi connectivity index (χ0) is 32.8. The zero-order valence-electron chi connectivity index (χ0n) is 26.2. The Labute approximate surface area is 262 Å². The van der Waals surface area contributed by atoms with Crippen LogP contribution in [0.2, 0.25) is 0 Å². The van der Waals surface area contributed by atoms with Crippen molar-refractivity contribution in [1.29, 1.82) is 0 Å². The summed E-state index contributed by atoms with van der Waals surface area (Å²) >= 11 is 0. The molecule has 0 radical (unpaired) electrons. The van der Waals surface area contributed by atoms with Gasteiger partial charge in [-0.25, -0.2) is 9.59 Å².